The normalized spacial score (nSPS) is 11.6. The van der Waals surface area contributed by atoms with Crippen molar-refractivity contribution in [2.24, 2.45) is 0 Å². The van der Waals surface area contributed by atoms with Crippen LogP contribution in [-0.2, 0) is 4.79 Å². The molecule has 0 radical (unpaired) electrons. The molecule has 0 amide bonds. The summed E-state index contributed by atoms with van der Waals surface area (Å²) in [6.45, 7) is 3.86. The maximum Gasteiger partial charge on any atom is 0.326 e. The van der Waals surface area contributed by atoms with E-state index in [0.29, 0.717) is 17.7 Å². The first-order chi connectivity index (χ1) is 8.60. The molecular weight excluding hydrogens is 228 g/mol. The number of carboxylic acids is 1. The molecule has 0 spiro atoms. The quantitative estimate of drug-likeness (QED) is 0.809. The van der Waals surface area contributed by atoms with Crippen LogP contribution >= 0.6 is 0 Å². The maximum atomic E-state index is 11.1. The molecule has 2 N–H and O–H groups in total. The number of benzene rings is 1. The van der Waals surface area contributed by atoms with Crippen LogP contribution in [0, 0.1) is 18.3 Å². The minimum Gasteiger partial charge on any atom is -0.480 e. The summed E-state index contributed by atoms with van der Waals surface area (Å²) in [5.41, 5.74) is 1.96. The molecule has 4 nitrogen and oxygen atoms in total. The topological polar surface area (TPSA) is 73.1 Å². The Kier molecular flexibility index (Phi) is 5.19. The molecule has 0 aliphatic heterocycles. The summed E-state index contributed by atoms with van der Waals surface area (Å²) < 4.78 is 0. The second-order valence-electron chi connectivity index (χ2n) is 4.29. The van der Waals surface area contributed by atoms with Crippen molar-refractivity contribution in [2.45, 2.75) is 39.2 Å². The zero-order valence-corrected chi connectivity index (χ0v) is 10.7. The molecule has 0 heterocycles. The van der Waals surface area contributed by atoms with Gasteiger partial charge in [-0.3, -0.25) is 0 Å². The Morgan fingerprint density at radius 1 is 1.56 bits per heavy atom. The standard InChI is InChI=1S/C14H18N2O2/c1-3-4-7-13(14(17)18)16-12-8-5-6-10(2)11(12)9-15/h5-6,8,13,16H,3-4,7H2,1-2H3,(H,17,18). The Hall–Kier alpha value is -2.02. The van der Waals surface area contributed by atoms with E-state index in [2.05, 4.69) is 11.4 Å². The largest absolute Gasteiger partial charge is 0.480 e. The number of unbranched alkanes of at least 4 members (excludes halogenated alkanes) is 1. The molecule has 18 heavy (non-hydrogen) atoms. The lowest BCUT2D eigenvalue weighted by molar-refractivity contribution is -0.138. The van der Waals surface area contributed by atoms with Crippen molar-refractivity contribution in [3.63, 3.8) is 0 Å². The fourth-order valence-electron chi connectivity index (χ4n) is 1.79. The lowest BCUT2D eigenvalue weighted by Gasteiger charge is -2.17. The van der Waals surface area contributed by atoms with Crippen LogP contribution in [0.4, 0.5) is 5.69 Å². The van der Waals surface area contributed by atoms with Crippen molar-refractivity contribution in [1.29, 1.82) is 5.26 Å². The monoisotopic (exact) mass is 246 g/mol. The van der Waals surface area contributed by atoms with E-state index < -0.39 is 12.0 Å². The highest BCUT2D eigenvalue weighted by Gasteiger charge is 2.18. The van der Waals surface area contributed by atoms with Gasteiger partial charge in [-0.05, 0) is 25.0 Å². The van der Waals surface area contributed by atoms with Gasteiger partial charge in [-0.15, -0.1) is 0 Å². The average molecular weight is 246 g/mol. The zero-order valence-electron chi connectivity index (χ0n) is 10.7. The third-order valence-corrected chi connectivity index (χ3v) is 2.86. The highest BCUT2D eigenvalue weighted by atomic mass is 16.4. The molecule has 1 aromatic rings. The van der Waals surface area contributed by atoms with Crippen LogP contribution < -0.4 is 5.32 Å². The first-order valence-corrected chi connectivity index (χ1v) is 6.09. The number of nitrogens with one attached hydrogen (secondary N) is 1. The third-order valence-electron chi connectivity index (χ3n) is 2.86. The molecule has 1 rings (SSSR count). The van der Waals surface area contributed by atoms with Gasteiger partial charge >= 0.3 is 5.97 Å². The van der Waals surface area contributed by atoms with E-state index in [-0.39, 0.29) is 0 Å². The Bertz CT molecular complexity index is 463. The van der Waals surface area contributed by atoms with Crippen LogP contribution in [0.3, 0.4) is 0 Å². The number of nitriles is 1. The molecule has 0 fully saturated rings. The maximum absolute atomic E-state index is 11.1. The van der Waals surface area contributed by atoms with E-state index in [4.69, 9.17) is 10.4 Å². The Morgan fingerprint density at radius 2 is 2.28 bits per heavy atom. The predicted octanol–water partition coefficient (Wildman–Crippen LogP) is 2.92. The van der Waals surface area contributed by atoms with Gasteiger partial charge in [0, 0.05) is 0 Å². The first-order valence-electron chi connectivity index (χ1n) is 6.09. The Labute approximate surface area is 107 Å². The Morgan fingerprint density at radius 3 is 2.83 bits per heavy atom. The fourth-order valence-corrected chi connectivity index (χ4v) is 1.79. The van der Waals surface area contributed by atoms with Crippen molar-refractivity contribution in [3.05, 3.63) is 29.3 Å². The van der Waals surface area contributed by atoms with Gasteiger partial charge in [0.05, 0.1) is 11.3 Å². The minimum absolute atomic E-state index is 0.514. The summed E-state index contributed by atoms with van der Waals surface area (Å²) in [6, 6.07) is 6.87. The van der Waals surface area contributed by atoms with Crippen molar-refractivity contribution < 1.29 is 9.90 Å². The number of hydrogen-bond donors (Lipinski definition) is 2. The van der Waals surface area contributed by atoms with Crippen LogP contribution in [0.25, 0.3) is 0 Å². The summed E-state index contributed by atoms with van der Waals surface area (Å²) in [7, 11) is 0. The summed E-state index contributed by atoms with van der Waals surface area (Å²) in [5, 5.41) is 21.2. The fraction of sp³-hybridized carbons (Fsp3) is 0.429. The van der Waals surface area contributed by atoms with Gasteiger partial charge in [0.2, 0.25) is 0 Å². The van der Waals surface area contributed by atoms with Gasteiger partial charge in [0.1, 0.15) is 12.1 Å². The lowest BCUT2D eigenvalue weighted by atomic mass is 10.1. The first kappa shape index (κ1) is 14.0. The second-order valence-corrected chi connectivity index (χ2v) is 4.29. The molecule has 0 bridgehead atoms. The van der Waals surface area contributed by atoms with E-state index in [1.54, 1.807) is 6.07 Å². The molecule has 4 heteroatoms. The third kappa shape index (κ3) is 3.49. The SMILES string of the molecule is CCCCC(Nc1cccc(C)c1C#N)C(=O)O. The number of aryl methyl sites for hydroxylation is 1. The van der Waals surface area contributed by atoms with Gasteiger partial charge in [-0.2, -0.15) is 5.26 Å². The van der Waals surface area contributed by atoms with Crippen LogP contribution in [0.5, 0.6) is 0 Å². The van der Waals surface area contributed by atoms with Crippen molar-refractivity contribution in [1.82, 2.24) is 0 Å². The van der Waals surface area contributed by atoms with Crippen LogP contribution in [-0.4, -0.2) is 17.1 Å². The zero-order chi connectivity index (χ0) is 13.5. The van der Waals surface area contributed by atoms with E-state index >= 15 is 0 Å². The van der Waals surface area contributed by atoms with Crippen LogP contribution in [0.2, 0.25) is 0 Å². The molecule has 1 aromatic carbocycles. The molecule has 1 atom stereocenters. The number of hydrogen-bond acceptors (Lipinski definition) is 3. The molecule has 0 aromatic heterocycles. The molecule has 0 aliphatic rings. The van der Waals surface area contributed by atoms with Gasteiger partial charge in [0.25, 0.3) is 0 Å². The van der Waals surface area contributed by atoms with Crippen LogP contribution in [0.15, 0.2) is 18.2 Å². The van der Waals surface area contributed by atoms with Gasteiger partial charge < -0.3 is 10.4 Å². The number of anilines is 1. The predicted molar refractivity (Wildman–Crippen MR) is 70.5 cm³/mol. The number of carboxylic acid groups (broad SMARTS) is 1. The molecule has 1 unspecified atom stereocenters. The molecule has 96 valence electrons. The van der Waals surface area contributed by atoms with E-state index in [1.807, 2.05) is 26.0 Å². The molecule has 0 saturated carbocycles. The number of nitrogens with zero attached hydrogens (tertiary/aromatic N) is 1. The highest BCUT2D eigenvalue weighted by molar-refractivity contribution is 5.78. The van der Waals surface area contributed by atoms with Crippen molar-refractivity contribution in [2.75, 3.05) is 5.32 Å². The summed E-state index contributed by atoms with van der Waals surface area (Å²) in [6.07, 6.45) is 2.35. The highest BCUT2D eigenvalue weighted by Crippen LogP contribution is 2.20. The molecule has 0 saturated heterocycles. The van der Waals surface area contributed by atoms with Gasteiger partial charge in [-0.1, -0.05) is 31.9 Å². The number of rotatable bonds is 6. The minimum atomic E-state index is -0.881. The number of aliphatic carboxylic acids is 1. The average Bonchev–Trinajstić information content (AvgIpc) is 2.34. The molecule has 0 aliphatic carbocycles. The summed E-state index contributed by atoms with van der Waals surface area (Å²) in [5.74, 6) is -0.881. The van der Waals surface area contributed by atoms with Crippen molar-refractivity contribution in [3.8, 4) is 6.07 Å². The second kappa shape index (κ2) is 6.65. The lowest BCUT2D eigenvalue weighted by Crippen LogP contribution is -2.29. The summed E-state index contributed by atoms with van der Waals surface area (Å²) in [4.78, 5) is 11.1. The number of carbonyl (C=O) groups is 1. The Balaban J connectivity index is 2.91. The van der Waals surface area contributed by atoms with E-state index in [9.17, 15) is 4.79 Å². The van der Waals surface area contributed by atoms with Gasteiger partial charge in [-0.25, -0.2) is 4.79 Å². The smallest absolute Gasteiger partial charge is 0.326 e. The van der Waals surface area contributed by atoms with E-state index in [0.717, 1.165) is 18.4 Å². The molecular formula is C14H18N2O2. The van der Waals surface area contributed by atoms with Crippen molar-refractivity contribution >= 4 is 11.7 Å². The summed E-state index contributed by atoms with van der Waals surface area (Å²) >= 11 is 0. The van der Waals surface area contributed by atoms with Gasteiger partial charge in [0.15, 0.2) is 0 Å². The van der Waals surface area contributed by atoms with Crippen LogP contribution in [0.1, 0.15) is 37.3 Å². The van der Waals surface area contributed by atoms with E-state index in [1.165, 1.54) is 0 Å².